The third kappa shape index (κ3) is 3.73. The summed E-state index contributed by atoms with van der Waals surface area (Å²) in [5.41, 5.74) is 8.43. The van der Waals surface area contributed by atoms with Crippen LogP contribution in [0.1, 0.15) is 11.1 Å². The van der Waals surface area contributed by atoms with Crippen LogP contribution in [0.2, 0.25) is 0 Å². The third-order valence-corrected chi connectivity index (χ3v) is 3.11. The van der Waals surface area contributed by atoms with Crippen molar-refractivity contribution in [2.24, 2.45) is 5.73 Å². The number of hydrogen-bond acceptors (Lipinski definition) is 3. The molecule has 2 rings (SSSR count). The summed E-state index contributed by atoms with van der Waals surface area (Å²) in [6.07, 6.45) is 1.54. The molecule has 0 bridgehead atoms. The first kappa shape index (κ1) is 13.4. The van der Waals surface area contributed by atoms with E-state index in [1.54, 1.807) is 19.2 Å². The molecule has 0 amide bonds. The first-order valence-corrected chi connectivity index (χ1v) is 6.34. The molecule has 3 N–H and O–H groups in total. The lowest BCUT2D eigenvalue weighted by Crippen LogP contribution is -2.25. The van der Waals surface area contributed by atoms with Gasteiger partial charge in [-0.2, -0.15) is 0 Å². The average molecular weight is 257 g/mol. The van der Waals surface area contributed by atoms with Crippen LogP contribution in [0.15, 0.2) is 48.5 Å². The van der Waals surface area contributed by atoms with Crippen LogP contribution in [0, 0.1) is 0 Å². The lowest BCUT2D eigenvalue weighted by Gasteiger charge is -2.14. The van der Waals surface area contributed by atoms with E-state index in [0.29, 0.717) is 0 Å². The standard InChI is InChI=1S/C16H19NO2/c1-19-16-5-3-2-4-13(16)11-14(17)10-12-6-8-15(18)9-7-12/h2-9,14,18H,10-11,17H2,1H3. The van der Waals surface area contributed by atoms with Gasteiger partial charge in [0.15, 0.2) is 0 Å². The molecular weight excluding hydrogens is 238 g/mol. The van der Waals surface area contributed by atoms with Gasteiger partial charge in [-0.3, -0.25) is 0 Å². The van der Waals surface area contributed by atoms with E-state index in [0.717, 1.165) is 29.7 Å². The normalized spacial score (nSPS) is 12.1. The number of rotatable bonds is 5. The van der Waals surface area contributed by atoms with Crippen LogP contribution in [0.25, 0.3) is 0 Å². The molecule has 0 aliphatic carbocycles. The number of aromatic hydroxyl groups is 1. The Kier molecular flexibility index (Phi) is 4.42. The Bertz CT molecular complexity index is 523. The molecule has 0 saturated heterocycles. The second-order valence-corrected chi connectivity index (χ2v) is 4.65. The monoisotopic (exact) mass is 257 g/mol. The number of phenolic OH excluding ortho intramolecular Hbond substituents is 1. The Morgan fingerprint density at radius 2 is 1.74 bits per heavy atom. The maximum Gasteiger partial charge on any atom is 0.122 e. The molecular formula is C16H19NO2. The van der Waals surface area contributed by atoms with Crippen LogP contribution in [0.5, 0.6) is 11.5 Å². The van der Waals surface area contributed by atoms with Gasteiger partial charge in [0, 0.05) is 6.04 Å². The van der Waals surface area contributed by atoms with Gasteiger partial charge in [-0.15, -0.1) is 0 Å². The maximum atomic E-state index is 9.25. The van der Waals surface area contributed by atoms with Gasteiger partial charge in [0.2, 0.25) is 0 Å². The summed E-state index contributed by atoms with van der Waals surface area (Å²) < 4.78 is 5.32. The van der Waals surface area contributed by atoms with Gasteiger partial charge < -0.3 is 15.6 Å². The van der Waals surface area contributed by atoms with Crippen molar-refractivity contribution in [3.05, 3.63) is 59.7 Å². The summed E-state index contributed by atoms with van der Waals surface area (Å²) in [6.45, 7) is 0. The van der Waals surface area contributed by atoms with E-state index in [2.05, 4.69) is 0 Å². The fraction of sp³-hybridized carbons (Fsp3) is 0.250. The zero-order valence-electron chi connectivity index (χ0n) is 11.0. The van der Waals surface area contributed by atoms with Crippen molar-refractivity contribution in [3.63, 3.8) is 0 Å². The maximum absolute atomic E-state index is 9.25. The number of hydrogen-bond donors (Lipinski definition) is 2. The van der Waals surface area contributed by atoms with Crippen molar-refractivity contribution in [1.82, 2.24) is 0 Å². The Balaban J connectivity index is 2.01. The topological polar surface area (TPSA) is 55.5 Å². The second-order valence-electron chi connectivity index (χ2n) is 4.65. The number of nitrogens with two attached hydrogens (primary N) is 1. The molecule has 0 fully saturated rings. The fourth-order valence-corrected chi connectivity index (χ4v) is 2.16. The first-order chi connectivity index (χ1) is 9.19. The van der Waals surface area contributed by atoms with Crippen molar-refractivity contribution in [1.29, 1.82) is 0 Å². The Labute approximate surface area is 113 Å². The molecule has 19 heavy (non-hydrogen) atoms. The number of para-hydroxylation sites is 1. The van der Waals surface area contributed by atoms with E-state index < -0.39 is 0 Å². The molecule has 3 nitrogen and oxygen atoms in total. The largest absolute Gasteiger partial charge is 0.508 e. The lowest BCUT2D eigenvalue weighted by atomic mass is 9.99. The molecule has 0 radical (unpaired) electrons. The van der Waals surface area contributed by atoms with E-state index in [1.165, 1.54) is 0 Å². The highest BCUT2D eigenvalue weighted by atomic mass is 16.5. The van der Waals surface area contributed by atoms with Gasteiger partial charge in [-0.05, 0) is 42.2 Å². The van der Waals surface area contributed by atoms with Gasteiger partial charge >= 0.3 is 0 Å². The average Bonchev–Trinajstić information content (AvgIpc) is 2.42. The van der Waals surface area contributed by atoms with E-state index >= 15 is 0 Å². The van der Waals surface area contributed by atoms with Crippen molar-refractivity contribution in [2.75, 3.05) is 7.11 Å². The Morgan fingerprint density at radius 1 is 1.05 bits per heavy atom. The number of benzene rings is 2. The molecule has 2 aromatic rings. The molecule has 3 heteroatoms. The summed E-state index contributed by atoms with van der Waals surface area (Å²) in [5, 5.41) is 9.25. The third-order valence-electron chi connectivity index (χ3n) is 3.11. The van der Waals surface area contributed by atoms with E-state index in [-0.39, 0.29) is 11.8 Å². The van der Waals surface area contributed by atoms with Crippen molar-refractivity contribution in [3.8, 4) is 11.5 Å². The highest BCUT2D eigenvalue weighted by Crippen LogP contribution is 2.20. The van der Waals surface area contributed by atoms with Crippen LogP contribution < -0.4 is 10.5 Å². The van der Waals surface area contributed by atoms with Crippen molar-refractivity contribution in [2.45, 2.75) is 18.9 Å². The van der Waals surface area contributed by atoms with Crippen LogP contribution in [-0.2, 0) is 12.8 Å². The molecule has 0 saturated carbocycles. The summed E-state index contributed by atoms with van der Waals surface area (Å²) in [5.74, 6) is 1.16. The van der Waals surface area contributed by atoms with E-state index in [9.17, 15) is 5.11 Å². The first-order valence-electron chi connectivity index (χ1n) is 6.34. The minimum atomic E-state index is 0.0286. The molecule has 0 aliphatic rings. The lowest BCUT2D eigenvalue weighted by molar-refractivity contribution is 0.408. The molecule has 0 aliphatic heterocycles. The van der Waals surface area contributed by atoms with Crippen LogP contribution in [-0.4, -0.2) is 18.3 Å². The summed E-state index contributed by atoms with van der Waals surface area (Å²) in [4.78, 5) is 0. The Morgan fingerprint density at radius 3 is 2.42 bits per heavy atom. The minimum absolute atomic E-state index is 0.0286. The Hall–Kier alpha value is -2.00. The van der Waals surface area contributed by atoms with E-state index in [4.69, 9.17) is 10.5 Å². The molecule has 100 valence electrons. The highest BCUT2D eigenvalue weighted by Gasteiger charge is 2.09. The second kappa shape index (κ2) is 6.25. The van der Waals surface area contributed by atoms with Gasteiger partial charge in [-0.25, -0.2) is 0 Å². The number of methoxy groups -OCH3 is 1. The van der Waals surface area contributed by atoms with Gasteiger partial charge in [0.05, 0.1) is 7.11 Å². The molecule has 1 unspecified atom stereocenters. The number of phenols is 1. The zero-order valence-corrected chi connectivity index (χ0v) is 11.0. The fourth-order valence-electron chi connectivity index (χ4n) is 2.16. The van der Waals surface area contributed by atoms with Gasteiger partial charge in [0.25, 0.3) is 0 Å². The van der Waals surface area contributed by atoms with Crippen LogP contribution >= 0.6 is 0 Å². The zero-order chi connectivity index (χ0) is 13.7. The quantitative estimate of drug-likeness (QED) is 0.865. The predicted octanol–water partition coefficient (Wildman–Crippen LogP) is 2.51. The van der Waals surface area contributed by atoms with Gasteiger partial charge in [0.1, 0.15) is 11.5 Å². The SMILES string of the molecule is COc1ccccc1CC(N)Cc1ccc(O)cc1. The molecule has 0 heterocycles. The predicted molar refractivity (Wildman–Crippen MR) is 76.5 cm³/mol. The smallest absolute Gasteiger partial charge is 0.122 e. The minimum Gasteiger partial charge on any atom is -0.508 e. The molecule has 0 aromatic heterocycles. The van der Waals surface area contributed by atoms with Crippen LogP contribution in [0.4, 0.5) is 0 Å². The molecule has 0 spiro atoms. The summed E-state index contributed by atoms with van der Waals surface area (Å²) >= 11 is 0. The molecule has 2 aromatic carbocycles. The van der Waals surface area contributed by atoms with Crippen molar-refractivity contribution >= 4 is 0 Å². The molecule has 1 atom stereocenters. The number of ether oxygens (including phenoxy) is 1. The summed E-state index contributed by atoms with van der Waals surface area (Å²) in [6, 6.07) is 15.1. The van der Waals surface area contributed by atoms with Crippen molar-refractivity contribution < 1.29 is 9.84 Å². The summed E-state index contributed by atoms with van der Waals surface area (Å²) in [7, 11) is 1.67. The highest BCUT2D eigenvalue weighted by molar-refractivity contribution is 5.34. The van der Waals surface area contributed by atoms with Crippen LogP contribution in [0.3, 0.4) is 0 Å². The van der Waals surface area contributed by atoms with E-state index in [1.807, 2.05) is 36.4 Å². The van der Waals surface area contributed by atoms with Gasteiger partial charge in [-0.1, -0.05) is 30.3 Å².